The normalized spacial score (nSPS) is 12.3. The van der Waals surface area contributed by atoms with Gasteiger partial charge in [0.05, 0.1) is 12.1 Å². The third-order valence-electron chi connectivity index (χ3n) is 3.36. The second-order valence-electron chi connectivity index (χ2n) is 4.88. The minimum atomic E-state index is -0.0476. The van der Waals surface area contributed by atoms with E-state index in [9.17, 15) is 4.79 Å². The van der Waals surface area contributed by atoms with Gasteiger partial charge in [-0.2, -0.15) is 5.10 Å². The second-order valence-corrected chi connectivity index (χ2v) is 5.31. The molecule has 1 heterocycles. The first-order chi connectivity index (χ1) is 9.51. The van der Waals surface area contributed by atoms with E-state index in [4.69, 9.17) is 17.3 Å². The quantitative estimate of drug-likeness (QED) is 0.677. The lowest BCUT2D eigenvalue weighted by Gasteiger charge is -2.08. The SMILES string of the molecule is CCC(C)n1ccc(CC(=O)c2ccc(Cl)cc2N)n1. The van der Waals surface area contributed by atoms with Crippen LogP contribution in [0.3, 0.4) is 0 Å². The highest BCUT2D eigenvalue weighted by atomic mass is 35.5. The van der Waals surface area contributed by atoms with Crippen molar-refractivity contribution in [1.82, 2.24) is 9.78 Å². The molecule has 0 bridgehead atoms. The summed E-state index contributed by atoms with van der Waals surface area (Å²) in [5, 5.41) is 4.95. The first-order valence-electron chi connectivity index (χ1n) is 6.63. The van der Waals surface area contributed by atoms with Crippen LogP contribution >= 0.6 is 11.6 Å². The molecular formula is C15H18ClN3O. The maximum absolute atomic E-state index is 12.2. The van der Waals surface area contributed by atoms with Crippen LogP contribution in [-0.4, -0.2) is 15.6 Å². The van der Waals surface area contributed by atoms with Gasteiger partial charge in [-0.3, -0.25) is 9.48 Å². The number of aromatic nitrogens is 2. The van der Waals surface area contributed by atoms with Crippen LogP contribution in [0, 0.1) is 0 Å². The molecule has 0 amide bonds. The van der Waals surface area contributed by atoms with E-state index in [1.807, 2.05) is 16.9 Å². The maximum atomic E-state index is 12.2. The average Bonchev–Trinajstić information content (AvgIpc) is 2.86. The van der Waals surface area contributed by atoms with E-state index in [1.54, 1.807) is 18.2 Å². The van der Waals surface area contributed by atoms with E-state index in [0.717, 1.165) is 12.1 Å². The van der Waals surface area contributed by atoms with E-state index in [-0.39, 0.29) is 12.2 Å². The molecule has 1 unspecified atom stereocenters. The van der Waals surface area contributed by atoms with Crippen LogP contribution in [-0.2, 0) is 6.42 Å². The van der Waals surface area contributed by atoms with Crippen molar-refractivity contribution in [3.63, 3.8) is 0 Å². The molecule has 2 N–H and O–H groups in total. The van der Waals surface area contributed by atoms with E-state index in [1.165, 1.54) is 0 Å². The predicted molar refractivity (Wildman–Crippen MR) is 81.1 cm³/mol. The molecule has 0 radical (unpaired) electrons. The molecule has 0 fully saturated rings. The topological polar surface area (TPSA) is 60.9 Å². The Labute approximate surface area is 123 Å². The lowest BCUT2D eigenvalue weighted by atomic mass is 10.1. The number of Topliss-reactive ketones (excluding diaryl/α,β-unsaturated/α-hetero) is 1. The first kappa shape index (κ1) is 14.6. The Morgan fingerprint density at radius 3 is 2.85 bits per heavy atom. The molecule has 2 aromatic rings. The summed E-state index contributed by atoms with van der Waals surface area (Å²) in [5.74, 6) is -0.0476. The molecule has 4 nitrogen and oxygen atoms in total. The van der Waals surface area contributed by atoms with E-state index < -0.39 is 0 Å². The average molecular weight is 292 g/mol. The van der Waals surface area contributed by atoms with Gasteiger partial charge < -0.3 is 5.73 Å². The van der Waals surface area contributed by atoms with Gasteiger partial charge in [0.15, 0.2) is 5.78 Å². The summed E-state index contributed by atoms with van der Waals surface area (Å²) in [6.45, 7) is 4.20. The first-order valence-corrected chi connectivity index (χ1v) is 7.01. The highest BCUT2D eigenvalue weighted by molar-refractivity contribution is 6.31. The summed E-state index contributed by atoms with van der Waals surface area (Å²) < 4.78 is 1.88. The third kappa shape index (κ3) is 3.20. The standard InChI is InChI=1S/C15H18ClN3O/c1-3-10(2)19-7-6-12(18-19)9-15(20)13-5-4-11(16)8-14(13)17/h4-8,10H,3,9,17H2,1-2H3. The molecule has 0 aliphatic heterocycles. The second kappa shape index (κ2) is 6.09. The summed E-state index contributed by atoms with van der Waals surface area (Å²) in [6.07, 6.45) is 3.15. The van der Waals surface area contributed by atoms with Gasteiger partial charge in [0, 0.05) is 28.5 Å². The summed E-state index contributed by atoms with van der Waals surface area (Å²) in [7, 11) is 0. The van der Waals surface area contributed by atoms with Crippen LogP contribution in [0.5, 0.6) is 0 Å². The van der Waals surface area contributed by atoms with Gasteiger partial charge in [-0.15, -0.1) is 0 Å². The number of nitrogens with two attached hydrogens (primary N) is 1. The number of ketones is 1. The fraction of sp³-hybridized carbons (Fsp3) is 0.333. The highest BCUT2D eigenvalue weighted by Crippen LogP contribution is 2.20. The van der Waals surface area contributed by atoms with Crippen molar-refractivity contribution >= 4 is 23.1 Å². The fourth-order valence-corrected chi connectivity index (χ4v) is 2.13. The lowest BCUT2D eigenvalue weighted by Crippen LogP contribution is -2.09. The summed E-state index contributed by atoms with van der Waals surface area (Å²) in [5.41, 5.74) is 7.47. The fourth-order valence-electron chi connectivity index (χ4n) is 1.95. The van der Waals surface area contributed by atoms with E-state index in [2.05, 4.69) is 18.9 Å². The Morgan fingerprint density at radius 2 is 2.20 bits per heavy atom. The van der Waals surface area contributed by atoms with Gasteiger partial charge in [-0.05, 0) is 37.6 Å². The molecule has 106 valence electrons. The maximum Gasteiger partial charge on any atom is 0.170 e. The summed E-state index contributed by atoms with van der Waals surface area (Å²) >= 11 is 5.83. The summed E-state index contributed by atoms with van der Waals surface area (Å²) in [6, 6.07) is 7.12. The molecular weight excluding hydrogens is 274 g/mol. The number of anilines is 1. The van der Waals surface area contributed by atoms with Crippen LogP contribution in [0.4, 0.5) is 5.69 Å². The number of nitrogens with zero attached hydrogens (tertiary/aromatic N) is 2. The molecule has 20 heavy (non-hydrogen) atoms. The zero-order valence-electron chi connectivity index (χ0n) is 11.6. The van der Waals surface area contributed by atoms with Crippen molar-refractivity contribution in [1.29, 1.82) is 0 Å². The Hall–Kier alpha value is -1.81. The molecule has 0 aliphatic carbocycles. The van der Waals surface area contributed by atoms with Crippen molar-refractivity contribution in [2.24, 2.45) is 0 Å². The van der Waals surface area contributed by atoms with Crippen LogP contribution < -0.4 is 5.73 Å². The molecule has 0 saturated heterocycles. The number of rotatable bonds is 5. The number of hydrogen-bond donors (Lipinski definition) is 1. The van der Waals surface area contributed by atoms with E-state index in [0.29, 0.717) is 22.3 Å². The number of nitrogen functional groups attached to an aromatic ring is 1. The monoisotopic (exact) mass is 291 g/mol. The van der Waals surface area contributed by atoms with Gasteiger partial charge in [0.25, 0.3) is 0 Å². The van der Waals surface area contributed by atoms with Crippen molar-refractivity contribution in [3.8, 4) is 0 Å². The smallest absolute Gasteiger partial charge is 0.170 e. The minimum Gasteiger partial charge on any atom is -0.398 e. The van der Waals surface area contributed by atoms with Crippen LogP contribution in [0.1, 0.15) is 42.4 Å². The Kier molecular flexibility index (Phi) is 4.45. The molecule has 1 aromatic heterocycles. The number of hydrogen-bond acceptors (Lipinski definition) is 3. The highest BCUT2D eigenvalue weighted by Gasteiger charge is 2.13. The van der Waals surface area contributed by atoms with Crippen LogP contribution in [0.25, 0.3) is 0 Å². The molecule has 1 aromatic carbocycles. The van der Waals surface area contributed by atoms with Crippen LogP contribution in [0.15, 0.2) is 30.5 Å². The number of halogens is 1. The number of carbonyl (C=O) groups is 1. The van der Waals surface area contributed by atoms with Gasteiger partial charge in [0.1, 0.15) is 0 Å². The molecule has 5 heteroatoms. The third-order valence-corrected chi connectivity index (χ3v) is 3.60. The van der Waals surface area contributed by atoms with Gasteiger partial charge in [-0.1, -0.05) is 18.5 Å². The number of benzene rings is 1. The Bertz CT molecular complexity index is 621. The zero-order valence-corrected chi connectivity index (χ0v) is 12.4. The molecule has 0 spiro atoms. The molecule has 2 rings (SSSR count). The van der Waals surface area contributed by atoms with Crippen molar-refractivity contribution in [2.75, 3.05) is 5.73 Å². The molecule has 0 aliphatic rings. The molecule has 1 atom stereocenters. The Morgan fingerprint density at radius 1 is 1.45 bits per heavy atom. The summed E-state index contributed by atoms with van der Waals surface area (Å²) in [4.78, 5) is 12.2. The van der Waals surface area contributed by atoms with E-state index >= 15 is 0 Å². The van der Waals surface area contributed by atoms with Gasteiger partial charge in [0.2, 0.25) is 0 Å². The van der Waals surface area contributed by atoms with Gasteiger partial charge in [-0.25, -0.2) is 0 Å². The number of carbonyl (C=O) groups excluding carboxylic acids is 1. The van der Waals surface area contributed by atoms with Crippen molar-refractivity contribution in [2.45, 2.75) is 32.7 Å². The predicted octanol–water partition coefficient (Wildman–Crippen LogP) is 3.52. The Balaban J connectivity index is 2.13. The largest absolute Gasteiger partial charge is 0.398 e. The van der Waals surface area contributed by atoms with Gasteiger partial charge >= 0.3 is 0 Å². The molecule has 0 saturated carbocycles. The van der Waals surface area contributed by atoms with Crippen molar-refractivity contribution < 1.29 is 4.79 Å². The zero-order chi connectivity index (χ0) is 14.7. The van der Waals surface area contributed by atoms with Crippen molar-refractivity contribution in [3.05, 3.63) is 46.7 Å². The van der Waals surface area contributed by atoms with Crippen LogP contribution in [0.2, 0.25) is 5.02 Å². The lowest BCUT2D eigenvalue weighted by molar-refractivity contribution is 0.0992. The minimum absolute atomic E-state index is 0.0476.